The van der Waals surface area contributed by atoms with Gasteiger partial charge in [0.1, 0.15) is 6.61 Å². The minimum absolute atomic E-state index is 0.00843. The smallest absolute Gasteiger partial charge is 0.407 e. The summed E-state index contributed by atoms with van der Waals surface area (Å²) >= 11 is 0. The minimum Gasteiger partial charge on any atom is -0.481 e. The van der Waals surface area contributed by atoms with Crippen LogP contribution >= 0.6 is 0 Å². The van der Waals surface area contributed by atoms with E-state index in [9.17, 15) is 4.79 Å². The number of ether oxygens (including phenoxy) is 2. The Morgan fingerprint density at radius 3 is 3.12 bits per heavy atom. The summed E-state index contributed by atoms with van der Waals surface area (Å²) in [5.41, 5.74) is 0.854. The first kappa shape index (κ1) is 12.3. The number of nitrogens with one attached hydrogen (secondary N) is 1. The van der Waals surface area contributed by atoms with Crippen molar-refractivity contribution in [1.29, 1.82) is 0 Å². The van der Waals surface area contributed by atoms with E-state index in [1.807, 2.05) is 0 Å². The summed E-state index contributed by atoms with van der Waals surface area (Å²) in [6.45, 7) is 0.130. The molecule has 0 aliphatic carbocycles. The lowest BCUT2D eigenvalue weighted by molar-refractivity contribution is 0.119. The lowest BCUT2D eigenvalue weighted by atomic mass is 10.3. The van der Waals surface area contributed by atoms with Crippen molar-refractivity contribution in [2.45, 2.75) is 6.54 Å². The Morgan fingerprint density at radius 1 is 1.62 bits per heavy atom. The number of nitrogens with zero attached hydrogens (tertiary/aromatic N) is 1. The van der Waals surface area contributed by atoms with E-state index >= 15 is 0 Å². The fourth-order valence-electron chi connectivity index (χ4n) is 1.04. The molecule has 0 saturated carbocycles. The quantitative estimate of drug-likeness (QED) is 0.755. The average Bonchev–Trinajstić information content (AvgIpc) is 2.34. The number of hydrogen-bond acceptors (Lipinski definition) is 5. The van der Waals surface area contributed by atoms with Crippen LogP contribution in [0.5, 0.6) is 5.88 Å². The van der Waals surface area contributed by atoms with Gasteiger partial charge in [-0.2, -0.15) is 0 Å². The predicted molar refractivity (Wildman–Crippen MR) is 56.1 cm³/mol. The maximum atomic E-state index is 11.0. The fourth-order valence-corrected chi connectivity index (χ4v) is 1.04. The molecule has 88 valence electrons. The van der Waals surface area contributed by atoms with Crippen molar-refractivity contribution in [1.82, 2.24) is 10.3 Å². The van der Waals surface area contributed by atoms with Gasteiger partial charge in [0.25, 0.3) is 0 Å². The van der Waals surface area contributed by atoms with Crippen LogP contribution in [0.2, 0.25) is 0 Å². The van der Waals surface area contributed by atoms with Gasteiger partial charge < -0.3 is 19.9 Å². The molecule has 0 radical (unpaired) electrons. The van der Waals surface area contributed by atoms with Crippen LogP contribution in [0.1, 0.15) is 5.56 Å². The van der Waals surface area contributed by atoms with Crippen LogP contribution in [-0.4, -0.2) is 36.5 Å². The van der Waals surface area contributed by atoms with Crippen LogP contribution in [0.3, 0.4) is 0 Å². The van der Waals surface area contributed by atoms with Gasteiger partial charge in [-0.15, -0.1) is 0 Å². The first-order valence-electron chi connectivity index (χ1n) is 4.76. The number of rotatable bonds is 5. The SMILES string of the molecule is COc1cc(CNC(=O)OCCO)ccn1. The Labute approximate surface area is 93.2 Å². The van der Waals surface area contributed by atoms with E-state index in [-0.39, 0.29) is 13.2 Å². The number of methoxy groups -OCH3 is 1. The van der Waals surface area contributed by atoms with E-state index in [2.05, 4.69) is 15.0 Å². The summed E-state index contributed by atoms with van der Waals surface area (Å²) < 4.78 is 9.56. The molecule has 0 aromatic carbocycles. The maximum Gasteiger partial charge on any atom is 0.407 e. The first-order chi connectivity index (χ1) is 7.76. The number of aromatic nitrogens is 1. The van der Waals surface area contributed by atoms with Crippen molar-refractivity contribution in [3.05, 3.63) is 23.9 Å². The molecule has 0 fully saturated rings. The highest BCUT2D eigenvalue weighted by Gasteiger charge is 2.02. The normalized spacial score (nSPS) is 9.62. The third-order valence-corrected chi connectivity index (χ3v) is 1.77. The summed E-state index contributed by atoms with van der Waals surface area (Å²) in [6, 6.07) is 3.47. The number of carbonyl (C=O) groups is 1. The highest BCUT2D eigenvalue weighted by atomic mass is 16.6. The molecular formula is C10H14N2O4. The van der Waals surface area contributed by atoms with E-state index in [1.54, 1.807) is 18.3 Å². The van der Waals surface area contributed by atoms with Gasteiger partial charge in [0.15, 0.2) is 0 Å². The highest BCUT2D eigenvalue weighted by molar-refractivity contribution is 5.67. The van der Waals surface area contributed by atoms with Gasteiger partial charge in [0, 0.05) is 18.8 Å². The summed E-state index contributed by atoms with van der Waals surface area (Å²) in [5.74, 6) is 0.489. The van der Waals surface area contributed by atoms with E-state index in [4.69, 9.17) is 9.84 Å². The van der Waals surface area contributed by atoms with Gasteiger partial charge in [-0.3, -0.25) is 0 Å². The number of alkyl carbamates (subject to hydrolysis) is 1. The molecule has 2 N–H and O–H groups in total. The van der Waals surface area contributed by atoms with Gasteiger partial charge in [-0.05, 0) is 11.6 Å². The summed E-state index contributed by atoms with van der Waals surface area (Å²) in [4.78, 5) is 15.0. The Morgan fingerprint density at radius 2 is 2.44 bits per heavy atom. The number of carbonyl (C=O) groups excluding carboxylic acids is 1. The monoisotopic (exact) mass is 226 g/mol. The number of hydrogen-bond donors (Lipinski definition) is 2. The molecule has 6 nitrogen and oxygen atoms in total. The fraction of sp³-hybridized carbons (Fsp3) is 0.400. The molecule has 0 bridgehead atoms. The van der Waals surface area contributed by atoms with E-state index in [1.165, 1.54) is 7.11 Å². The molecule has 0 atom stereocenters. The summed E-state index contributed by atoms with van der Waals surface area (Å²) in [6.07, 6.45) is 1.03. The number of aliphatic hydroxyl groups excluding tert-OH is 1. The van der Waals surface area contributed by atoms with Gasteiger partial charge >= 0.3 is 6.09 Å². The summed E-state index contributed by atoms with van der Waals surface area (Å²) in [7, 11) is 1.52. The van der Waals surface area contributed by atoms with Gasteiger partial charge in [-0.1, -0.05) is 0 Å². The predicted octanol–water partition coefficient (Wildman–Crippen LogP) is 0.309. The molecule has 0 spiro atoms. The van der Waals surface area contributed by atoms with Crippen molar-refractivity contribution >= 4 is 6.09 Å². The molecule has 6 heteroatoms. The van der Waals surface area contributed by atoms with Gasteiger partial charge in [0.2, 0.25) is 5.88 Å². The lowest BCUT2D eigenvalue weighted by Gasteiger charge is -2.06. The zero-order valence-corrected chi connectivity index (χ0v) is 8.97. The van der Waals surface area contributed by atoms with Crippen molar-refractivity contribution in [2.75, 3.05) is 20.3 Å². The van der Waals surface area contributed by atoms with Crippen molar-refractivity contribution in [2.24, 2.45) is 0 Å². The number of aliphatic hydroxyl groups is 1. The molecule has 0 unspecified atom stereocenters. The van der Waals surface area contributed by atoms with Crippen LogP contribution < -0.4 is 10.1 Å². The Bertz CT molecular complexity index is 343. The molecule has 1 rings (SSSR count). The molecule has 0 aliphatic heterocycles. The molecule has 0 aliphatic rings. The van der Waals surface area contributed by atoms with Crippen LogP contribution in [0, 0.1) is 0 Å². The summed E-state index contributed by atoms with van der Waals surface area (Å²) in [5, 5.41) is 11.0. The van der Waals surface area contributed by atoms with Crippen LogP contribution in [0.4, 0.5) is 4.79 Å². The molecule has 1 aromatic rings. The molecule has 16 heavy (non-hydrogen) atoms. The third kappa shape index (κ3) is 4.14. The minimum atomic E-state index is -0.565. The van der Waals surface area contributed by atoms with Crippen LogP contribution in [0.25, 0.3) is 0 Å². The Kier molecular flexibility index (Phi) is 5.07. The Hall–Kier alpha value is -1.82. The molecule has 1 heterocycles. The van der Waals surface area contributed by atoms with Crippen LogP contribution in [0.15, 0.2) is 18.3 Å². The van der Waals surface area contributed by atoms with Crippen LogP contribution in [-0.2, 0) is 11.3 Å². The van der Waals surface area contributed by atoms with E-state index in [0.717, 1.165) is 5.56 Å². The second-order valence-corrected chi connectivity index (χ2v) is 2.92. The maximum absolute atomic E-state index is 11.0. The molecule has 0 saturated heterocycles. The zero-order valence-electron chi connectivity index (χ0n) is 8.97. The Balaban J connectivity index is 2.38. The third-order valence-electron chi connectivity index (χ3n) is 1.77. The molecule has 1 aromatic heterocycles. The van der Waals surface area contributed by atoms with Crippen molar-refractivity contribution < 1.29 is 19.4 Å². The average molecular weight is 226 g/mol. The van der Waals surface area contributed by atoms with Gasteiger partial charge in [-0.25, -0.2) is 9.78 Å². The highest BCUT2D eigenvalue weighted by Crippen LogP contribution is 2.07. The standard InChI is InChI=1S/C10H14N2O4/c1-15-9-6-8(2-3-11-9)7-12-10(14)16-5-4-13/h2-3,6,13H,4-5,7H2,1H3,(H,12,14). The second kappa shape index (κ2) is 6.62. The van der Waals surface area contributed by atoms with Gasteiger partial charge in [0.05, 0.1) is 13.7 Å². The number of pyridine rings is 1. The molecular weight excluding hydrogens is 212 g/mol. The number of amides is 1. The first-order valence-corrected chi connectivity index (χ1v) is 4.76. The van der Waals surface area contributed by atoms with E-state index in [0.29, 0.717) is 12.4 Å². The van der Waals surface area contributed by atoms with Crippen molar-refractivity contribution in [3.8, 4) is 5.88 Å². The largest absolute Gasteiger partial charge is 0.481 e. The van der Waals surface area contributed by atoms with E-state index < -0.39 is 6.09 Å². The van der Waals surface area contributed by atoms with Crippen molar-refractivity contribution in [3.63, 3.8) is 0 Å². The lowest BCUT2D eigenvalue weighted by Crippen LogP contribution is -2.24. The second-order valence-electron chi connectivity index (χ2n) is 2.92. The molecule has 1 amide bonds. The topological polar surface area (TPSA) is 80.7 Å². The zero-order chi connectivity index (χ0) is 11.8.